The van der Waals surface area contributed by atoms with E-state index in [4.69, 9.17) is 11.6 Å². The van der Waals surface area contributed by atoms with Crippen molar-refractivity contribution in [3.05, 3.63) is 0 Å². The van der Waals surface area contributed by atoms with Crippen LogP contribution in [0.15, 0.2) is 0 Å². The van der Waals surface area contributed by atoms with Gasteiger partial charge in [0.15, 0.2) is 0 Å². The van der Waals surface area contributed by atoms with Crippen molar-refractivity contribution >= 4 is 11.6 Å². The Hall–Kier alpha value is 0.250. The Bertz CT molecular complexity index is 189. The van der Waals surface area contributed by atoms with Gasteiger partial charge in [-0.15, -0.1) is 11.6 Å². The van der Waals surface area contributed by atoms with Gasteiger partial charge in [0.25, 0.3) is 0 Å². The minimum Gasteiger partial charge on any atom is -0.301 e. The molecule has 0 N–H and O–H groups in total. The van der Waals surface area contributed by atoms with Crippen LogP contribution in [0.3, 0.4) is 0 Å². The lowest BCUT2D eigenvalue weighted by molar-refractivity contribution is 0.206. The van der Waals surface area contributed by atoms with E-state index in [0.717, 1.165) is 18.4 Å². The lowest BCUT2D eigenvalue weighted by atomic mass is 9.83. The van der Waals surface area contributed by atoms with Gasteiger partial charge >= 0.3 is 0 Å². The number of alkyl halides is 1. The van der Waals surface area contributed by atoms with Crippen LogP contribution in [-0.4, -0.2) is 29.9 Å². The molecule has 0 aromatic carbocycles. The molecular formula is C13H24ClN. The molecule has 88 valence electrons. The van der Waals surface area contributed by atoms with Gasteiger partial charge < -0.3 is 4.90 Å². The van der Waals surface area contributed by atoms with Gasteiger partial charge in [0, 0.05) is 19.6 Å². The molecule has 2 aliphatic rings. The fourth-order valence-corrected chi connectivity index (χ4v) is 3.32. The maximum atomic E-state index is 6.26. The van der Waals surface area contributed by atoms with Crippen molar-refractivity contribution in [3.8, 4) is 0 Å². The van der Waals surface area contributed by atoms with Gasteiger partial charge in [0.05, 0.1) is 5.38 Å². The largest absolute Gasteiger partial charge is 0.301 e. The molecule has 2 fully saturated rings. The zero-order chi connectivity index (χ0) is 10.8. The predicted molar refractivity (Wildman–Crippen MR) is 66.4 cm³/mol. The van der Waals surface area contributed by atoms with Crippen LogP contribution in [0.5, 0.6) is 0 Å². The summed E-state index contributed by atoms with van der Waals surface area (Å²) in [6.45, 7) is 8.32. The summed E-state index contributed by atoms with van der Waals surface area (Å²) in [4.78, 5) is 2.59. The van der Waals surface area contributed by atoms with Gasteiger partial charge in [-0.25, -0.2) is 0 Å². The van der Waals surface area contributed by atoms with Crippen LogP contribution in [-0.2, 0) is 0 Å². The first kappa shape index (κ1) is 11.7. The molecule has 1 aliphatic carbocycles. The van der Waals surface area contributed by atoms with Crippen LogP contribution in [0.25, 0.3) is 0 Å². The van der Waals surface area contributed by atoms with Gasteiger partial charge in [-0.1, -0.05) is 26.7 Å². The Morgan fingerprint density at radius 2 is 1.73 bits per heavy atom. The van der Waals surface area contributed by atoms with Gasteiger partial charge in [-0.05, 0) is 30.6 Å². The van der Waals surface area contributed by atoms with E-state index in [1.807, 2.05) is 0 Å². The van der Waals surface area contributed by atoms with Gasteiger partial charge in [0.1, 0.15) is 0 Å². The first-order valence-corrected chi connectivity index (χ1v) is 6.95. The van der Waals surface area contributed by atoms with E-state index in [-0.39, 0.29) is 0 Å². The Labute approximate surface area is 99.2 Å². The van der Waals surface area contributed by atoms with Crippen LogP contribution >= 0.6 is 11.6 Å². The third kappa shape index (κ3) is 3.10. The monoisotopic (exact) mass is 229 g/mol. The highest BCUT2D eigenvalue weighted by Gasteiger charge is 2.29. The Kier molecular flexibility index (Phi) is 3.95. The van der Waals surface area contributed by atoms with Crippen molar-refractivity contribution in [2.24, 2.45) is 17.8 Å². The molecule has 0 spiro atoms. The van der Waals surface area contributed by atoms with Crippen molar-refractivity contribution in [3.63, 3.8) is 0 Å². The fourth-order valence-electron chi connectivity index (χ4n) is 3.05. The maximum Gasteiger partial charge on any atom is 0.0500 e. The average Bonchev–Trinajstić information content (AvgIpc) is 2.50. The third-order valence-corrected chi connectivity index (χ3v) is 4.82. The topological polar surface area (TPSA) is 3.24 Å². The minimum atomic E-state index is 0.396. The Morgan fingerprint density at radius 1 is 1.07 bits per heavy atom. The zero-order valence-electron chi connectivity index (χ0n) is 10.1. The first-order chi connectivity index (χ1) is 7.15. The molecule has 2 unspecified atom stereocenters. The number of hydrogen-bond acceptors (Lipinski definition) is 1. The highest BCUT2D eigenvalue weighted by atomic mass is 35.5. The van der Waals surface area contributed by atoms with Crippen LogP contribution in [0, 0.1) is 17.8 Å². The smallest absolute Gasteiger partial charge is 0.0500 e. The Balaban J connectivity index is 1.73. The van der Waals surface area contributed by atoms with Gasteiger partial charge in [-0.2, -0.15) is 0 Å². The minimum absolute atomic E-state index is 0.396. The molecule has 1 nitrogen and oxygen atoms in total. The summed E-state index contributed by atoms with van der Waals surface area (Å²) >= 11 is 6.26. The number of nitrogens with zero attached hydrogens (tertiary/aromatic N) is 1. The van der Waals surface area contributed by atoms with Gasteiger partial charge in [-0.3, -0.25) is 0 Å². The highest BCUT2D eigenvalue weighted by Crippen LogP contribution is 2.30. The molecule has 0 amide bonds. The van der Waals surface area contributed by atoms with Crippen molar-refractivity contribution in [2.75, 3.05) is 19.6 Å². The highest BCUT2D eigenvalue weighted by molar-refractivity contribution is 6.21. The lowest BCUT2D eigenvalue weighted by Crippen LogP contribution is -2.30. The van der Waals surface area contributed by atoms with E-state index in [1.165, 1.54) is 38.8 Å². The molecule has 1 heterocycles. The number of hydrogen-bond donors (Lipinski definition) is 0. The molecule has 1 saturated carbocycles. The summed E-state index contributed by atoms with van der Waals surface area (Å²) in [6, 6.07) is 0. The average molecular weight is 230 g/mol. The maximum absolute atomic E-state index is 6.26. The second-order valence-corrected chi connectivity index (χ2v) is 6.40. The molecule has 0 radical (unpaired) electrons. The molecule has 15 heavy (non-hydrogen) atoms. The molecule has 2 heteroatoms. The van der Waals surface area contributed by atoms with E-state index in [0.29, 0.717) is 11.3 Å². The third-order valence-electron chi connectivity index (χ3n) is 4.25. The molecular weight excluding hydrogens is 206 g/mol. The van der Waals surface area contributed by atoms with Gasteiger partial charge in [0.2, 0.25) is 0 Å². The predicted octanol–water partition coefficient (Wildman–Crippen LogP) is 3.37. The molecule has 0 aromatic rings. The second-order valence-electron chi connectivity index (χ2n) is 5.84. The summed E-state index contributed by atoms with van der Waals surface area (Å²) in [5.41, 5.74) is 0. The van der Waals surface area contributed by atoms with Crippen molar-refractivity contribution in [1.82, 2.24) is 4.90 Å². The Morgan fingerprint density at radius 3 is 2.27 bits per heavy atom. The molecule has 2 rings (SSSR count). The van der Waals surface area contributed by atoms with E-state index >= 15 is 0 Å². The normalized spacial score (nSPS) is 43.4. The quantitative estimate of drug-likeness (QED) is 0.657. The summed E-state index contributed by atoms with van der Waals surface area (Å²) in [6.07, 6.45) is 5.77. The van der Waals surface area contributed by atoms with E-state index < -0.39 is 0 Å². The van der Waals surface area contributed by atoms with E-state index in [2.05, 4.69) is 18.7 Å². The van der Waals surface area contributed by atoms with Crippen LogP contribution in [0.2, 0.25) is 0 Å². The zero-order valence-corrected chi connectivity index (χ0v) is 10.8. The van der Waals surface area contributed by atoms with Crippen LogP contribution in [0.4, 0.5) is 0 Å². The molecule has 0 bridgehead atoms. The van der Waals surface area contributed by atoms with Crippen molar-refractivity contribution < 1.29 is 0 Å². The summed E-state index contributed by atoms with van der Waals surface area (Å²) in [5.74, 6) is 2.61. The summed E-state index contributed by atoms with van der Waals surface area (Å²) < 4.78 is 0. The summed E-state index contributed by atoms with van der Waals surface area (Å²) in [5, 5.41) is 0.396. The fraction of sp³-hybridized carbons (Fsp3) is 1.00. The number of rotatable bonds is 2. The molecule has 1 aliphatic heterocycles. The van der Waals surface area contributed by atoms with E-state index in [9.17, 15) is 0 Å². The number of halogens is 1. The van der Waals surface area contributed by atoms with Crippen molar-refractivity contribution in [2.45, 2.75) is 44.9 Å². The standard InChI is InChI=1S/C13H24ClN/c1-10-3-5-12(6-4-10)8-15-7-11(2)13(14)9-15/h10-13H,3-9H2,1-2H3. The lowest BCUT2D eigenvalue weighted by Gasteiger charge is -2.29. The van der Waals surface area contributed by atoms with Crippen molar-refractivity contribution in [1.29, 1.82) is 0 Å². The van der Waals surface area contributed by atoms with E-state index in [1.54, 1.807) is 0 Å². The molecule has 1 saturated heterocycles. The first-order valence-electron chi connectivity index (χ1n) is 6.51. The molecule has 0 aromatic heterocycles. The molecule has 2 atom stereocenters. The van der Waals surface area contributed by atoms with Crippen LogP contribution < -0.4 is 0 Å². The SMILES string of the molecule is CC1CCC(CN2CC(C)C(Cl)C2)CC1. The summed E-state index contributed by atoms with van der Waals surface area (Å²) in [7, 11) is 0. The second kappa shape index (κ2) is 5.05. The number of likely N-dealkylation sites (tertiary alicyclic amines) is 1. The van der Waals surface area contributed by atoms with Crippen LogP contribution in [0.1, 0.15) is 39.5 Å².